The van der Waals surface area contributed by atoms with Gasteiger partial charge in [-0.2, -0.15) is 0 Å². The van der Waals surface area contributed by atoms with Gasteiger partial charge in [0.2, 0.25) is 5.95 Å². The zero-order valence-corrected chi connectivity index (χ0v) is 11.9. The van der Waals surface area contributed by atoms with Crippen LogP contribution in [0.1, 0.15) is 5.69 Å². The molecule has 0 fully saturated rings. The van der Waals surface area contributed by atoms with Crippen molar-refractivity contribution in [2.75, 3.05) is 11.1 Å². The molecule has 0 saturated carbocycles. The number of nitrogens with zero attached hydrogens (tertiary/aromatic N) is 3. The first-order valence-electron chi connectivity index (χ1n) is 6.16. The first-order valence-corrected chi connectivity index (χ1v) is 6.54. The van der Waals surface area contributed by atoms with E-state index in [1.165, 1.54) is 0 Å². The zero-order chi connectivity index (χ0) is 14.3. The summed E-state index contributed by atoms with van der Waals surface area (Å²) in [6, 6.07) is 7.72. The summed E-state index contributed by atoms with van der Waals surface area (Å²) in [5.74, 6) is 0.481. The van der Waals surface area contributed by atoms with E-state index in [0.29, 0.717) is 11.0 Å². The van der Waals surface area contributed by atoms with Crippen molar-refractivity contribution in [3.63, 3.8) is 0 Å². The molecular formula is C14H14ClN5. The number of nitrogens with two attached hydrogens (primary N) is 1. The monoisotopic (exact) mass is 287 g/mol. The molecule has 6 heteroatoms. The Hall–Kier alpha value is -2.27. The summed E-state index contributed by atoms with van der Waals surface area (Å²) in [4.78, 5) is 8.61. The lowest BCUT2D eigenvalue weighted by Crippen LogP contribution is -1.95. The van der Waals surface area contributed by atoms with Gasteiger partial charge in [-0.15, -0.1) is 0 Å². The van der Waals surface area contributed by atoms with Crippen LogP contribution in [0.4, 0.5) is 17.3 Å². The summed E-state index contributed by atoms with van der Waals surface area (Å²) < 4.78 is 1.85. The molecule has 0 unspecified atom stereocenters. The van der Waals surface area contributed by atoms with Gasteiger partial charge in [0.25, 0.3) is 0 Å². The largest absolute Gasteiger partial charge is 0.369 e. The number of anilines is 3. The van der Waals surface area contributed by atoms with Gasteiger partial charge in [-0.25, -0.2) is 4.98 Å². The number of rotatable bonds is 2. The van der Waals surface area contributed by atoms with Gasteiger partial charge in [0, 0.05) is 7.05 Å². The SMILES string of the molecule is Cc1ncc(Nc2cccc3c2nc(N)n3C)cc1Cl. The van der Waals surface area contributed by atoms with Crippen molar-refractivity contribution in [3.8, 4) is 0 Å². The van der Waals surface area contributed by atoms with E-state index in [4.69, 9.17) is 17.3 Å². The number of halogens is 1. The van der Waals surface area contributed by atoms with Crippen molar-refractivity contribution in [2.45, 2.75) is 6.92 Å². The highest BCUT2D eigenvalue weighted by atomic mass is 35.5. The molecule has 0 atom stereocenters. The van der Waals surface area contributed by atoms with E-state index < -0.39 is 0 Å². The summed E-state index contributed by atoms with van der Waals surface area (Å²) in [6.45, 7) is 1.87. The van der Waals surface area contributed by atoms with E-state index in [9.17, 15) is 0 Å². The number of hydrogen-bond acceptors (Lipinski definition) is 4. The van der Waals surface area contributed by atoms with E-state index in [2.05, 4.69) is 15.3 Å². The molecule has 20 heavy (non-hydrogen) atoms. The second-order valence-corrected chi connectivity index (χ2v) is 5.03. The highest BCUT2D eigenvalue weighted by Gasteiger charge is 2.09. The lowest BCUT2D eigenvalue weighted by Gasteiger charge is -2.08. The number of nitrogen functional groups attached to an aromatic ring is 1. The molecule has 2 heterocycles. The Labute approximate surface area is 121 Å². The Kier molecular flexibility index (Phi) is 2.99. The quantitative estimate of drug-likeness (QED) is 0.759. The molecule has 0 aliphatic heterocycles. The van der Waals surface area contributed by atoms with Crippen molar-refractivity contribution in [1.29, 1.82) is 0 Å². The van der Waals surface area contributed by atoms with E-state index in [0.717, 1.165) is 28.1 Å². The molecule has 0 spiro atoms. The summed E-state index contributed by atoms with van der Waals surface area (Å²) in [5, 5.41) is 3.90. The number of aromatic nitrogens is 3. The Balaban J connectivity index is 2.06. The van der Waals surface area contributed by atoms with Gasteiger partial charge in [0.15, 0.2) is 0 Å². The van der Waals surface area contributed by atoms with Gasteiger partial charge in [-0.05, 0) is 25.1 Å². The van der Waals surface area contributed by atoms with Gasteiger partial charge >= 0.3 is 0 Å². The molecule has 2 aromatic heterocycles. The summed E-state index contributed by atoms with van der Waals surface area (Å²) in [6.07, 6.45) is 1.74. The van der Waals surface area contributed by atoms with Crippen LogP contribution in [0.2, 0.25) is 5.02 Å². The maximum absolute atomic E-state index is 6.09. The first kappa shape index (κ1) is 12.7. The predicted octanol–water partition coefficient (Wildman–Crippen LogP) is 3.26. The van der Waals surface area contributed by atoms with Crippen molar-refractivity contribution >= 4 is 40.0 Å². The molecule has 3 aromatic rings. The minimum absolute atomic E-state index is 0.481. The number of fused-ring (bicyclic) bond motifs is 1. The number of benzene rings is 1. The molecule has 0 bridgehead atoms. The fraction of sp³-hybridized carbons (Fsp3) is 0.143. The maximum Gasteiger partial charge on any atom is 0.201 e. The van der Waals surface area contributed by atoms with Gasteiger partial charge in [0.05, 0.1) is 33.8 Å². The molecule has 5 nitrogen and oxygen atoms in total. The third-order valence-electron chi connectivity index (χ3n) is 3.25. The third-order valence-corrected chi connectivity index (χ3v) is 3.63. The number of pyridine rings is 1. The highest BCUT2D eigenvalue weighted by Crippen LogP contribution is 2.28. The van der Waals surface area contributed by atoms with Gasteiger partial charge in [-0.3, -0.25) is 4.98 Å². The number of hydrogen-bond donors (Lipinski definition) is 2. The molecule has 3 rings (SSSR count). The lowest BCUT2D eigenvalue weighted by atomic mass is 10.2. The number of imidazole rings is 1. The molecule has 3 N–H and O–H groups in total. The molecule has 0 saturated heterocycles. The summed E-state index contributed by atoms with van der Waals surface area (Å²) in [5.41, 5.74) is 10.1. The average Bonchev–Trinajstić information content (AvgIpc) is 2.72. The van der Waals surface area contributed by atoms with Crippen molar-refractivity contribution in [3.05, 3.63) is 41.2 Å². The van der Waals surface area contributed by atoms with Gasteiger partial charge in [0.1, 0.15) is 5.52 Å². The van der Waals surface area contributed by atoms with Crippen LogP contribution in [-0.2, 0) is 7.05 Å². The molecule has 102 valence electrons. The fourth-order valence-electron chi connectivity index (χ4n) is 2.06. The molecule has 0 amide bonds. The smallest absolute Gasteiger partial charge is 0.201 e. The van der Waals surface area contributed by atoms with Crippen LogP contribution in [0, 0.1) is 6.92 Å². The van der Waals surface area contributed by atoms with E-state index >= 15 is 0 Å². The average molecular weight is 288 g/mol. The van der Waals surface area contributed by atoms with Crippen LogP contribution in [0.25, 0.3) is 11.0 Å². The van der Waals surface area contributed by atoms with Gasteiger partial charge in [-0.1, -0.05) is 17.7 Å². The standard InChI is InChI=1S/C14H14ClN5/c1-8-10(15)6-9(7-17-8)18-11-4-3-5-12-13(11)19-14(16)20(12)2/h3-7,18H,1-2H3,(H2,16,19). The number of aryl methyl sites for hydroxylation is 2. The number of nitrogens with one attached hydrogen (secondary N) is 1. The summed E-state index contributed by atoms with van der Waals surface area (Å²) >= 11 is 6.09. The highest BCUT2D eigenvalue weighted by molar-refractivity contribution is 6.31. The maximum atomic E-state index is 6.09. The molecule has 0 aliphatic rings. The Morgan fingerprint density at radius 3 is 2.90 bits per heavy atom. The van der Waals surface area contributed by atoms with E-state index in [1.54, 1.807) is 6.20 Å². The van der Waals surface area contributed by atoms with Crippen LogP contribution < -0.4 is 11.1 Å². The Bertz CT molecular complexity index is 794. The minimum Gasteiger partial charge on any atom is -0.369 e. The normalized spacial score (nSPS) is 10.9. The molecule has 1 aromatic carbocycles. The zero-order valence-electron chi connectivity index (χ0n) is 11.2. The minimum atomic E-state index is 0.481. The topological polar surface area (TPSA) is 68.8 Å². The number of para-hydroxylation sites is 1. The lowest BCUT2D eigenvalue weighted by molar-refractivity contribution is 0.965. The fourth-order valence-corrected chi connectivity index (χ4v) is 2.23. The van der Waals surface area contributed by atoms with Crippen molar-refractivity contribution in [1.82, 2.24) is 14.5 Å². The summed E-state index contributed by atoms with van der Waals surface area (Å²) in [7, 11) is 1.89. The predicted molar refractivity (Wildman–Crippen MR) is 82.4 cm³/mol. The van der Waals surface area contributed by atoms with Crippen LogP contribution in [-0.4, -0.2) is 14.5 Å². The van der Waals surface area contributed by atoms with Crippen molar-refractivity contribution in [2.24, 2.45) is 7.05 Å². The van der Waals surface area contributed by atoms with Crippen LogP contribution in [0.3, 0.4) is 0 Å². The van der Waals surface area contributed by atoms with Crippen molar-refractivity contribution < 1.29 is 0 Å². The Morgan fingerprint density at radius 2 is 2.15 bits per heavy atom. The van der Waals surface area contributed by atoms with E-state index in [1.807, 2.05) is 42.8 Å². The van der Waals surface area contributed by atoms with Crippen LogP contribution in [0.5, 0.6) is 0 Å². The second kappa shape index (κ2) is 4.68. The van der Waals surface area contributed by atoms with E-state index in [-0.39, 0.29) is 0 Å². The van der Waals surface area contributed by atoms with Gasteiger partial charge < -0.3 is 15.6 Å². The molecular weight excluding hydrogens is 274 g/mol. The third kappa shape index (κ3) is 2.06. The first-order chi connectivity index (χ1) is 9.56. The molecule has 0 aliphatic carbocycles. The molecule has 0 radical (unpaired) electrons. The van der Waals surface area contributed by atoms with Crippen LogP contribution in [0.15, 0.2) is 30.5 Å². The van der Waals surface area contributed by atoms with Crippen LogP contribution >= 0.6 is 11.6 Å². The second-order valence-electron chi connectivity index (χ2n) is 4.62. The Morgan fingerprint density at radius 1 is 1.35 bits per heavy atom.